The fourth-order valence-electron chi connectivity index (χ4n) is 2.27. The maximum Gasteiger partial charge on any atom is 0.326 e. The summed E-state index contributed by atoms with van der Waals surface area (Å²) < 4.78 is 0. The van der Waals surface area contributed by atoms with Gasteiger partial charge in [-0.2, -0.15) is 0 Å². The molecule has 0 aliphatic heterocycles. The fourth-order valence-corrected chi connectivity index (χ4v) is 2.27. The zero-order valence-corrected chi connectivity index (χ0v) is 16.1. The average molecular weight is 427 g/mol. The third-order valence-electron chi connectivity index (χ3n) is 3.86. The quantitative estimate of drug-likeness (QED) is 0.161. The van der Waals surface area contributed by atoms with Gasteiger partial charge in [0.1, 0.15) is 18.1 Å². The van der Waals surface area contributed by atoms with Crippen LogP contribution in [-0.4, -0.2) is 80.6 Å². The Labute approximate surface area is 170 Å². The number of carbonyl (C=O) groups is 5. The predicted octanol–water partition coefficient (Wildman–Crippen LogP) is -4.29. The molecule has 1 aromatic rings. The number of hydrogen-bond donors (Lipinski definition) is 8. The van der Waals surface area contributed by atoms with Crippen molar-refractivity contribution in [3.8, 4) is 0 Å². The molecule has 4 amide bonds. The largest absolute Gasteiger partial charge is 0.480 e. The first kappa shape index (κ1) is 24.5. The van der Waals surface area contributed by atoms with Crippen LogP contribution in [0.3, 0.4) is 0 Å². The number of primary amides is 1. The molecule has 14 heteroatoms. The Morgan fingerprint density at radius 2 is 1.63 bits per heavy atom. The molecule has 0 radical (unpaired) electrons. The number of nitrogens with zero attached hydrogens (tertiary/aromatic N) is 1. The summed E-state index contributed by atoms with van der Waals surface area (Å²) in [5, 5.41) is 25.3. The van der Waals surface area contributed by atoms with Crippen molar-refractivity contribution < 1.29 is 34.2 Å². The van der Waals surface area contributed by atoms with Crippen LogP contribution in [-0.2, 0) is 30.4 Å². The predicted molar refractivity (Wildman–Crippen MR) is 100 cm³/mol. The number of aliphatic carboxylic acids is 1. The molecule has 1 aromatic heterocycles. The zero-order valence-electron chi connectivity index (χ0n) is 16.1. The van der Waals surface area contributed by atoms with Gasteiger partial charge in [-0.25, -0.2) is 9.78 Å². The van der Waals surface area contributed by atoms with Gasteiger partial charge < -0.3 is 42.6 Å². The topological polar surface area (TPSA) is 243 Å². The highest BCUT2D eigenvalue weighted by Crippen LogP contribution is 2.01. The lowest BCUT2D eigenvalue weighted by Gasteiger charge is -2.23. The zero-order chi connectivity index (χ0) is 22.8. The molecule has 166 valence electrons. The van der Waals surface area contributed by atoms with Crippen LogP contribution < -0.4 is 27.4 Å². The molecule has 0 fully saturated rings. The van der Waals surface area contributed by atoms with Gasteiger partial charge in [-0.3, -0.25) is 19.2 Å². The molecule has 0 saturated carbocycles. The summed E-state index contributed by atoms with van der Waals surface area (Å²) in [6, 6.07) is -5.35. The van der Waals surface area contributed by atoms with Crippen LogP contribution in [0.1, 0.15) is 19.0 Å². The third-order valence-corrected chi connectivity index (χ3v) is 3.86. The summed E-state index contributed by atoms with van der Waals surface area (Å²) in [6.07, 6.45) is 2.01. The van der Waals surface area contributed by atoms with Crippen LogP contribution in [0.5, 0.6) is 0 Å². The van der Waals surface area contributed by atoms with E-state index in [0.717, 1.165) is 0 Å². The van der Waals surface area contributed by atoms with Gasteiger partial charge in [0.15, 0.2) is 0 Å². The van der Waals surface area contributed by atoms with E-state index in [0.29, 0.717) is 5.69 Å². The Morgan fingerprint density at radius 1 is 1.07 bits per heavy atom. The highest BCUT2D eigenvalue weighted by Gasteiger charge is 2.30. The number of amides is 4. The van der Waals surface area contributed by atoms with Gasteiger partial charge in [0, 0.05) is 18.3 Å². The van der Waals surface area contributed by atoms with Crippen molar-refractivity contribution in [2.24, 2.45) is 11.5 Å². The van der Waals surface area contributed by atoms with E-state index in [2.05, 4.69) is 25.9 Å². The normalized spacial score (nSPS) is 14.6. The van der Waals surface area contributed by atoms with Gasteiger partial charge in [0.2, 0.25) is 23.6 Å². The SMILES string of the molecule is CC(N)C(=O)NC(CC(N)=O)C(=O)NC(CO)C(=O)NC(Cc1cnc[nH]1)C(=O)O. The van der Waals surface area contributed by atoms with Crippen LogP contribution >= 0.6 is 0 Å². The molecule has 0 aromatic carbocycles. The highest BCUT2D eigenvalue weighted by molar-refractivity contribution is 5.96. The third kappa shape index (κ3) is 7.84. The van der Waals surface area contributed by atoms with Crippen molar-refractivity contribution in [2.45, 2.75) is 43.9 Å². The molecule has 0 saturated heterocycles. The van der Waals surface area contributed by atoms with E-state index >= 15 is 0 Å². The van der Waals surface area contributed by atoms with Crippen LogP contribution in [0.2, 0.25) is 0 Å². The van der Waals surface area contributed by atoms with Crippen molar-refractivity contribution in [1.82, 2.24) is 25.9 Å². The molecule has 1 rings (SSSR count). The van der Waals surface area contributed by atoms with Crippen molar-refractivity contribution in [2.75, 3.05) is 6.61 Å². The van der Waals surface area contributed by atoms with Crippen molar-refractivity contribution >= 4 is 29.6 Å². The number of carbonyl (C=O) groups excluding carboxylic acids is 4. The number of imidazole rings is 1. The van der Waals surface area contributed by atoms with E-state index in [4.69, 9.17) is 11.5 Å². The van der Waals surface area contributed by atoms with Crippen LogP contribution in [0, 0.1) is 0 Å². The molecule has 0 aliphatic rings. The molecule has 14 nitrogen and oxygen atoms in total. The van der Waals surface area contributed by atoms with Gasteiger partial charge in [-0.15, -0.1) is 0 Å². The minimum Gasteiger partial charge on any atom is -0.480 e. The lowest BCUT2D eigenvalue weighted by Crippen LogP contribution is -2.58. The second kappa shape index (κ2) is 11.5. The summed E-state index contributed by atoms with van der Waals surface area (Å²) in [4.78, 5) is 65.5. The minimum atomic E-state index is -1.55. The molecule has 0 aliphatic carbocycles. The summed E-state index contributed by atoms with van der Waals surface area (Å²) in [5.74, 6) is -4.98. The van der Waals surface area contributed by atoms with Gasteiger partial charge in [0.25, 0.3) is 0 Å². The van der Waals surface area contributed by atoms with E-state index in [9.17, 15) is 34.2 Å². The molecular formula is C16H25N7O7. The Morgan fingerprint density at radius 3 is 2.10 bits per heavy atom. The van der Waals surface area contributed by atoms with E-state index < -0.39 is 66.8 Å². The lowest BCUT2D eigenvalue weighted by molar-refractivity contribution is -0.142. The first-order chi connectivity index (χ1) is 14.0. The standard InChI is InChI=1S/C16H25N7O7/c1-7(17)13(26)21-9(3-12(18)25)14(27)23-11(5-24)15(28)22-10(16(29)30)2-8-4-19-6-20-8/h4,6-7,9-11,24H,2-3,5,17H2,1H3,(H2,18,25)(H,19,20)(H,21,26)(H,22,28)(H,23,27)(H,29,30). The van der Waals surface area contributed by atoms with Crippen LogP contribution in [0.4, 0.5) is 0 Å². The number of carboxylic acid groups (broad SMARTS) is 1. The van der Waals surface area contributed by atoms with E-state index in [-0.39, 0.29) is 6.42 Å². The lowest BCUT2D eigenvalue weighted by atomic mass is 10.1. The molecule has 30 heavy (non-hydrogen) atoms. The number of aromatic nitrogens is 2. The highest BCUT2D eigenvalue weighted by atomic mass is 16.4. The Hall–Kier alpha value is -3.52. The smallest absolute Gasteiger partial charge is 0.326 e. The molecule has 0 bridgehead atoms. The maximum absolute atomic E-state index is 12.4. The van der Waals surface area contributed by atoms with Crippen molar-refractivity contribution in [3.63, 3.8) is 0 Å². The summed E-state index contributed by atoms with van der Waals surface area (Å²) in [7, 11) is 0. The average Bonchev–Trinajstić information content (AvgIpc) is 3.17. The number of nitrogens with one attached hydrogen (secondary N) is 4. The number of nitrogens with two attached hydrogens (primary N) is 2. The van der Waals surface area contributed by atoms with Crippen LogP contribution in [0.15, 0.2) is 12.5 Å². The summed E-state index contributed by atoms with van der Waals surface area (Å²) >= 11 is 0. The van der Waals surface area contributed by atoms with Gasteiger partial charge >= 0.3 is 5.97 Å². The number of aliphatic hydroxyl groups is 1. The van der Waals surface area contributed by atoms with Gasteiger partial charge in [0.05, 0.1) is 25.4 Å². The first-order valence-electron chi connectivity index (χ1n) is 8.81. The number of aliphatic hydroxyl groups excluding tert-OH is 1. The molecule has 10 N–H and O–H groups in total. The van der Waals surface area contributed by atoms with Gasteiger partial charge in [-0.05, 0) is 6.92 Å². The van der Waals surface area contributed by atoms with Crippen molar-refractivity contribution in [3.05, 3.63) is 18.2 Å². The number of aromatic amines is 1. The summed E-state index contributed by atoms with van der Waals surface area (Å²) in [6.45, 7) is 0.475. The molecule has 4 atom stereocenters. The minimum absolute atomic E-state index is 0.123. The Kier molecular flexibility index (Phi) is 9.38. The van der Waals surface area contributed by atoms with Crippen molar-refractivity contribution in [1.29, 1.82) is 0 Å². The molecular weight excluding hydrogens is 402 g/mol. The monoisotopic (exact) mass is 427 g/mol. The van der Waals surface area contributed by atoms with E-state index in [1.54, 1.807) is 0 Å². The maximum atomic E-state index is 12.4. The molecule has 1 heterocycles. The second-order valence-electron chi connectivity index (χ2n) is 6.44. The van der Waals surface area contributed by atoms with E-state index in [1.165, 1.54) is 19.4 Å². The van der Waals surface area contributed by atoms with E-state index in [1.807, 2.05) is 0 Å². The van der Waals surface area contributed by atoms with Crippen LogP contribution in [0.25, 0.3) is 0 Å². The Bertz CT molecular complexity index is 766. The number of hydrogen-bond acceptors (Lipinski definition) is 8. The molecule has 0 spiro atoms. The molecule has 4 unspecified atom stereocenters. The Balaban J connectivity index is 2.83. The number of H-pyrrole nitrogens is 1. The fraction of sp³-hybridized carbons (Fsp3) is 0.500. The summed E-state index contributed by atoms with van der Waals surface area (Å²) in [5.41, 5.74) is 10.9. The number of carboxylic acids is 1. The van der Waals surface area contributed by atoms with Gasteiger partial charge in [-0.1, -0.05) is 0 Å². The second-order valence-corrected chi connectivity index (χ2v) is 6.44. The first-order valence-corrected chi connectivity index (χ1v) is 8.81. The number of rotatable bonds is 12.